The molecular weight excluding hydrogens is 324 g/mol. The average molecular weight is 340 g/mol. The zero-order valence-corrected chi connectivity index (χ0v) is 13.0. The molecule has 0 amide bonds. The topological polar surface area (TPSA) is 126 Å². The zero-order valence-electron chi connectivity index (χ0n) is 12.2. The Kier molecular flexibility index (Phi) is 3.96. The Morgan fingerprint density at radius 2 is 2.35 bits per heavy atom. The molecule has 0 spiro atoms. The Balaban J connectivity index is 1.76. The lowest BCUT2D eigenvalue weighted by molar-refractivity contribution is 0.000538. The number of nitrogens with zero attached hydrogens (tertiary/aromatic N) is 2. The van der Waals surface area contributed by atoms with Crippen LogP contribution < -0.4 is 4.72 Å². The van der Waals surface area contributed by atoms with E-state index in [1.807, 2.05) is 0 Å². The maximum atomic E-state index is 12.4. The van der Waals surface area contributed by atoms with Crippen molar-refractivity contribution >= 4 is 16.0 Å². The molecule has 9 nitrogen and oxygen atoms in total. The van der Waals surface area contributed by atoms with Crippen LogP contribution in [0.1, 0.15) is 23.0 Å². The molecule has 0 radical (unpaired) electrons. The van der Waals surface area contributed by atoms with Crippen LogP contribution in [0, 0.1) is 0 Å². The van der Waals surface area contributed by atoms with Crippen molar-refractivity contribution in [1.29, 1.82) is 0 Å². The molecule has 1 aliphatic rings. The highest BCUT2D eigenvalue weighted by Gasteiger charge is 2.44. The molecule has 0 aliphatic heterocycles. The van der Waals surface area contributed by atoms with Crippen LogP contribution in [0.3, 0.4) is 0 Å². The van der Waals surface area contributed by atoms with E-state index in [-0.39, 0.29) is 17.0 Å². The van der Waals surface area contributed by atoms with Gasteiger partial charge in [-0.2, -0.15) is 5.10 Å². The summed E-state index contributed by atoms with van der Waals surface area (Å²) >= 11 is 0. The second-order valence-electron chi connectivity index (χ2n) is 5.25. The molecule has 0 aromatic carbocycles. The van der Waals surface area contributed by atoms with Crippen molar-refractivity contribution in [3.8, 4) is 0 Å². The number of aromatic nitrogens is 3. The second kappa shape index (κ2) is 5.80. The van der Waals surface area contributed by atoms with Gasteiger partial charge < -0.3 is 14.8 Å². The van der Waals surface area contributed by atoms with Crippen molar-refractivity contribution in [2.75, 3.05) is 7.11 Å². The Morgan fingerprint density at radius 3 is 2.96 bits per heavy atom. The molecule has 124 valence electrons. The predicted molar refractivity (Wildman–Crippen MR) is 78.1 cm³/mol. The van der Waals surface area contributed by atoms with Gasteiger partial charge in [-0.1, -0.05) is 0 Å². The largest absolute Gasteiger partial charge is 0.464 e. The van der Waals surface area contributed by atoms with Crippen molar-refractivity contribution in [3.63, 3.8) is 0 Å². The van der Waals surface area contributed by atoms with Gasteiger partial charge in [-0.25, -0.2) is 17.9 Å². The summed E-state index contributed by atoms with van der Waals surface area (Å²) in [5, 5.41) is 13.9. The average Bonchev–Trinajstić information content (AvgIpc) is 3.17. The maximum Gasteiger partial charge on any atom is 0.354 e. The molecule has 2 aromatic heterocycles. The highest BCUT2D eigenvalue weighted by Crippen LogP contribution is 2.33. The fourth-order valence-corrected chi connectivity index (χ4v) is 3.83. The minimum atomic E-state index is -3.83. The van der Waals surface area contributed by atoms with E-state index < -0.39 is 34.2 Å². The number of ether oxygens (including phenoxy) is 1. The second-order valence-corrected chi connectivity index (χ2v) is 6.96. The van der Waals surface area contributed by atoms with Crippen molar-refractivity contribution in [3.05, 3.63) is 36.4 Å². The van der Waals surface area contributed by atoms with Crippen LogP contribution in [-0.2, 0) is 14.8 Å². The van der Waals surface area contributed by atoms with Crippen molar-refractivity contribution in [2.45, 2.75) is 29.5 Å². The van der Waals surface area contributed by atoms with Crippen LogP contribution in [0.5, 0.6) is 0 Å². The molecule has 0 saturated heterocycles. The number of rotatable bonds is 5. The molecule has 2 aromatic rings. The summed E-state index contributed by atoms with van der Waals surface area (Å²) in [4.78, 5) is 13.9. The number of aliphatic hydroxyl groups excluding tert-OH is 1. The third-order valence-electron chi connectivity index (χ3n) is 3.81. The lowest BCUT2D eigenvalue weighted by atomic mass is 9.84. The van der Waals surface area contributed by atoms with Crippen LogP contribution in [0.4, 0.5) is 0 Å². The summed E-state index contributed by atoms with van der Waals surface area (Å²) in [6.45, 7) is 0. The van der Waals surface area contributed by atoms with E-state index >= 15 is 0 Å². The van der Waals surface area contributed by atoms with Crippen molar-refractivity contribution < 1.29 is 23.1 Å². The Bertz CT molecular complexity index is 798. The van der Waals surface area contributed by atoms with Gasteiger partial charge in [-0.05, 0) is 18.6 Å². The number of carbonyl (C=O) groups excluding carboxylic acids is 1. The van der Waals surface area contributed by atoms with E-state index in [9.17, 15) is 18.3 Å². The minimum Gasteiger partial charge on any atom is -0.464 e. The first kappa shape index (κ1) is 15.7. The Labute approximate surface area is 132 Å². The third kappa shape index (κ3) is 2.87. The third-order valence-corrected chi connectivity index (χ3v) is 5.28. The van der Waals surface area contributed by atoms with E-state index in [1.165, 1.54) is 24.1 Å². The number of H-pyrrole nitrogens is 1. The summed E-state index contributed by atoms with van der Waals surface area (Å²) in [6, 6.07) is 1.96. The Hall–Kier alpha value is -2.17. The first-order valence-electron chi connectivity index (χ1n) is 6.88. The van der Waals surface area contributed by atoms with Crippen LogP contribution in [0.25, 0.3) is 0 Å². The number of hydrogen-bond acceptors (Lipinski definition) is 6. The van der Waals surface area contributed by atoms with E-state index in [0.717, 1.165) is 0 Å². The van der Waals surface area contributed by atoms with Gasteiger partial charge in [0.1, 0.15) is 10.6 Å². The number of hydrogen-bond donors (Lipinski definition) is 3. The zero-order chi connectivity index (χ0) is 16.6. The quantitative estimate of drug-likeness (QED) is 0.639. The van der Waals surface area contributed by atoms with E-state index in [1.54, 1.807) is 18.5 Å². The number of esters is 1. The van der Waals surface area contributed by atoms with Gasteiger partial charge in [0.15, 0.2) is 0 Å². The molecule has 0 bridgehead atoms. The molecule has 3 N–H and O–H groups in total. The smallest absolute Gasteiger partial charge is 0.354 e. The summed E-state index contributed by atoms with van der Waals surface area (Å²) in [5.74, 6) is -0.653. The highest BCUT2D eigenvalue weighted by atomic mass is 32.2. The van der Waals surface area contributed by atoms with Crippen LogP contribution >= 0.6 is 0 Å². The lowest BCUT2D eigenvalue weighted by Gasteiger charge is -2.41. The molecule has 1 fully saturated rings. The molecule has 23 heavy (non-hydrogen) atoms. The predicted octanol–water partition coefficient (Wildman–Crippen LogP) is -0.349. The fraction of sp³-hybridized carbons (Fsp3) is 0.385. The molecule has 3 rings (SSSR count). The van der Waals surface area contributed by atoms with Crippen LogP contribution in [-0.4, -0.2) is 53.5 Å². The molecule has 10 heteroatoms. The molecular formula is C13H16N4O5S. The molecule has 3 atom stereocenters. The standard InChI is InChI=1S/C13H16N4O5S/c1-22-13(19)10-5-8(7-14-10)23(20,21)16-9-6-11(18)12(9)17-4-2-3-15-17/h2-5,7,9,11-12,14,16,18H,6H2,1H3. The number of methoxy groups -OCH3 is 1. The van der Waals surface area contributed by atoms with Crippen LogP contribution in [0.2, 0.25) is 0 Å². The Morgan fingerprint density at radius 1 is 1.57 bits per heavy atom. The fourth-order valence-electron chi connectivity index (χ4n) is 2.57. The van der Waals surface area contributed by atoms with Gasteiger partial charge in [0.25, 0.3) is 0 Å². The van der Waals surface area contributed by atoms with E-state index in [4.69, 9.17) is 0 Å². The van der Waals surface area contributed by atoms with Gasteiger partial charge in [0.05, 0.1) is 19.3 Å². The molecule has 3 unspecified atom stereocenters. The number of nitrogens with one attached hydrogen (secondary N) is 2. The first-order valence-corrected chi connectivity index (χ1v) is 8.37. The van der Waals surface area contributed by atoms with Crippen LogP contribution in [0.15, 0.2) is 35.6 Å². The number of sulfonamides is 1. The van der Waals surface area contributed by atoms with Gasteiger partial charge in [0.2, 0.25) is 10.0 Å². The van der Waals surface area contributed by atoms with Crippen molar-refractivity contribution in [2.24, 2.45) is 0 Å². The van der Waals surface area contributed by atoms with E-state index in [0.29, 0.717) is 0 Å². The normalized spacial score (nSPS) is 24.2. The monoisotopic (exact) mass is 340 g/mol. The summed E-state index contributed by atoms with van der Waals surface area (Å²) in [6.07, 6.45) is 4.06. The first-order chi connectivity index (χ1) is 10.9. The lowest BCUT2D eigenvalue weighted by Crippen LogP contribution is -2.55. The SMILES string of the molecule is COC(=O)c1cc(S(=O)(=O)NC2CC(O)C2n2cccn2)c[nH]1. The minimum absolute atomic E-state index is 0.0464. The number of carbonyl (C=O) groups is 1. The maximum absolute atomic E-state index is 12.4. The van der Waals surface area contributed by atoms with Gasteiger partial charge in [-0.15, -0.1) is 0 Å². The van der Waals surface area contributed by atoms with Crippen molar-refractivity contribution in [1.82, 2.24) is 19.5 Å². The highest BCUT2D eigenvalue weighted by molar-refractivity contribution is 7.89. The molecule has 1 aliphatic carbocycles. The summed E-state index contributed by atoms with van der Waals surface area (Å²) in [7, 11) is -2.62. The molecule has 2 heterocycles. The van der Waals surface area contributed by atoms with Gasteiger partial charge >= 0.3 is 5.97 Å². The molecule has 1 saturated carbocycles. The summed E-state index contributed by atoms with van der Waals surface area (Å²) in [5.41, 5.74) is 0.0464. The number of aromatic amines is 1. The number of aliphatic hydroxyl groups is 1. The van der Waals surface area contributed by atoms with E-state index in [2.05, 4.69) is 19.5 Å². The van der Waals surface area contributed by atoms with Gasteiger partial charge in [-0.3, -0.25) is 4.68 Å². The summed E-state index contributed by atoms with van der Waals surface area (Å²) < 4.78 is 33.4. The van der Waals surface area contributed by atoms with Gasteiger partial charge in [0, 0.05) is 24.6 Å².